The van der Waals surface area contributed by atoms with Gasteiger partial charge in [0.1, 0.15) is 17.7 Å². The predicted molar refractivity (Wildman–Crippen MR) is 139 cm³/mol. The largest absolute Gasteiger partial charge is 0.486 e. The molecule has 1 aliphatic heterocycles. The fourth-order valence-electron chi connectivity index (χ4n) is 3.97. The van der Waals surface area contributed by atoms with Crippen molar-refractivity contribution >= 4 is 33.8 Å². The maximum Gasteiger partial charge on any atom is 0.305 e. The first-order chi connectivity index (χ1) is 18.3. The summed E-state index contributed by atoms with van der Waals surface area (Å²) in [5.74, 6) is -0.551. The predicted octanol–water partition coefficient (Wildman–Crippen LogP) is 3.92. The van der Waals surface area contributed by atoms with Crippen molar-refractivity contribution in [1.29, 1.82) is 0 Å². The summed E-state index contributed by atoms with van der Waals surface area (Å²) in [5, 5.41) is 4.26. The Balaban J connectivity index is 1.75. The molecule has 2 aromatic heterocycles. The first-order valence-electron chi connectivity index (χ1n) is 12.2. The number of carbonyl (C=O) groups is 1. The monoisotopic (exact) mass is 544 g/mol. The minimum absolute atomic E-state index is 0.00943. The molecule has 0 aliphatic carbocycles. The molecule has 0 saturated carbocycles. The molecule has 0 unspecified atom stereocenters. The average molecular weight is 545 g/mol. The van der Waals surface area contributed by atoms with E-state index < -0.39 is 27.9 Å². The normalized spacial score (nSPS) is 15.3. The smallest absolute Gasteiger partial charge is 0.305 e. The summed E-state index contributed by atoms with van der Waals surface area (Å²) >= 11 is 0. The Morgan fingerprint density at radius 1 is 1.26 bits per heavy atom. The van der Waals surface area contributed by atoms with E-state index in [1.54, 1.807) is 31.2 Å². The number of methoxy groups -OCH3 is 1. The topological polar surface area (TPSA) is 113 Å². The molecule has 0 saturated heterocycles. The number of ether oxygens (including phenoxy) is 3. The fourth-order valence-corrected chi connectivity index (χ4v) is 5.54. The fraction of sp³-hybridized carbons (Fsp3) is 0.346. The summed E-state index contributed by atoms with van der Waals surface area (Å²) in [7, 11) is -2.86. The third-order valence-electron chi connectivity index (χ3n) is 5.90. The molecule has 0 amide bonds. The van der Waals surface area contributed by atoms with Crippen molar-refractivity contribution in [2.75, 3.05) is 24.6 Å². The number of pyridine rings is 1. The molecule has 0 spiro atoms. The van der Waals surface area contributed by atoms with Crippen molar-refractivity contribution in [2.24, 2.45) is 0 Å². The first kappa shape index (κ1) is 27.1. The number of carbonyl (C=O) groups excluding carboxylic acids is 1. The van der Waals surface area contributed by atoms with Crippen LogP contribution in [0.5, 0.6) is 11.6 Å². The van der Waals surface area contributed by atoms with Crippen molar-refractivity contribution in [3.05, 3.63) is 59.8 Å². The summed E-state index contributed by atoms with van der Waals surface area (Å²) in [6, 6.07) is 7.83. The van der Waals surface area contributed by atoms with Crippen LogP contribution in [0.25, 0.3) is 12.2 Å². The minimum Gasteiger partial charge on any atom is -0.486 e. The van der Waals surface area contributed by atoms with E-state index in [0.29, 0.717) is 23.5 Å². The maximum absolute atomic E-state index is 14.0. The highest BCUT2D eigenvalue weighted by Crippen LogP contribution is 2.40. The number of halogens is 1. The number of aryl methyl sites for hydroxylation is 1. The zero-order chi connectivity index (χ0) is 27.3. The lowest BCUT2D eigenvalue weighted by Crippen LogP contribution is -2.43. The Morgan fingerprint density at radius 2 is 2.08 bits per heavy atom. The van der Waals surface area contributed by atoms with Crippen molar-refractivity contribution in [2.45, 2.75) is 44.2 Å². The van der Waals surface area contributed by atoms with E-state index in [0.717, 1.165) is 0 Å². The van der Waals surface area contributed by atoms with Crippen LogP contribution in [0.4, 0.5) is 10.1 Å². The second kappa shape index (κ2) is 11.6. The van der Waals surface area contributed by atoms with E-state index in [2.05, 4.69) is 10.1 Å². The van der Waals surface area contributed by atoms with E-state index in [-0.39, 0.29) is 42.5 Å². The zero-order valence-electron chi connectivity index (χ0n) is 21.3. The van der Waals surface area contributed by atoms with Crippen LogP contribution in [-0.2, 0) is 26.1 Å². The molecular weight excluding hydrogens is 515 g/mol. The van der Waals surface area contributed by atoms with Gasteiger partial charge in [-0.3, -0.25) is 18.8 Å². The van der Waals surface area contributed by atoms with Crippen LogP contribution >= 0.6 is 0 Å². The number of benzene rings is 1. The first-order valence-corrected chi connectivity index (χ1v) is 13.6. The third kappa shape index (κ3) is 5.80. The van der Waals surface area contributed by atoms with Gasteiger partial charge in [-0.1, -0.05) is 12.1 Å². The van der Waals surface area contributed by atoms with Crippen molar-refractivity contribution in [1.82, 2.24) is 14.8 Å². The standard InChI is InChI=1S/C26H29FN4O6S/c1-4-30-17-24(26(29-30)36-5-2)38(33,34)31-16-19(10-13-25(32)35-3)37-23-12-9-18(15-22(23)31)8-11-21-20(27)7-6-14-28-21/h6-9,11-12,14-15,17,19H,4-5,10,13,16H2,1-3H3/b11-8+/t19-/m0/s1. The van der Waals surface area contributed by atoms with Gasteiger partial charge in [0, 0.05) is 25.4 Å². The van der Waals surface area contributed by atoms with Gasteiger partial charge >= 0.3 is 5.97 Å². The van der Waals surface area contributed by atoms with E-state index in [9.17, 15) is 17.6 Å². The quantitative estimate of drug-likeness (QED) is 0.353. The lowest BCUT2D eigenvalue weighted by Gasteiger charge is -2.35. The molecule has 0 N–H and O–H groups in total. The van der Waals surface area contributed by atoms with Crippen LogP contribution in [0.3, 0.4) is 0 Å². The third-order valence-corrected chi connectivity index (χ3v) is 7.66. The number of aromatic nitrogens is 3. The molecule has 0 fully saturated rings. The number of nitrogens with zero attached hydrogens (tertiary/aromatic N) is 4. The Bertz CT molecular complexity index is 1440. The number of hydrogen-bond donors (Lipinski definition) is 0. The van der Waals surface area contributed by atoms with Gasteiger partial charge in [0.2, 0.25) is 0 Å². The zero-order valence-corrected chi connectivity index (χ0v) is 22.2. The molecule has 1 aliphatic rings. The van der Waals surface area contributed by atoms with Gasteiger partial charge < -0.3 is 14.2 Å². The molecule has 4 rings (SSSR count). The molecular formula is C26H29FN4O6S. The summed E-state index contributed by atoms with van der Waals surface area (Å²) < 4.78 is 61.1. The van der Waals surface area contributed by atoms with Gasteiger partial charge in [0.25, 0.3) is 15.9 Å². The molecule has 10 nitrogen and oxygen atoms in total. The molecule has 1 atom stereocenters. The minimum atomic E-state index is -4.15. The molecule has 0 bridgehead atoms. The maximum atomic E-state index is 14.0. The molecule has 38 heavy (non-hydrogen) atoms. The number of hydrogen-bond acceptors (Lipinski definition) is 8. The van der Waals surface area contributed by atoms with Crippen LogP contribution in [0.15, 0.2) is 47.6 Å². The summed E-state index contributed by atoms with van der Waals surface area (Å²) in [5.41, 5.74) is 1.07. The second-order valence-electron chi connectivity index (χ2n) is 8.41. The summed E-state index contributed by atoms with van der Waals surface area (Å²) in [6.07, 6.45) is 5.80. The molecule has 3 aromatic rings. The van der Waals surface area contributed by atoms with Gasteiger partial charge in [-0.05, 0) is 56.2 Å². The highest BCUT2D eigenvalue weighted by atomic mass is 32.2. The number of fused-ring (bicyclic) bond motifs is 1. The van der Waals surface area contributed by atoms with E-state index in [1.165, 1.54) is 46.7 Å². The second-order valence-corrected chi connectivity index (χ2v) is 10.2. The van der Waals surface area contributed by atoms with Crippen LogP contribution in [0, 0.1) is 5.82 Å². The SMILES string of the molecule is CCOc1nn(CC)cc1S(=O)(=O)N1C[C@H](CCC(=O)OC)Oc2ccc(/C=C/c3ncccc3F)cc21. The van der Waals surface area contributed by atoms with Crippen molar-refractivity contribution in [3.8, 4) is 11.6 Å². The highest BCUT2D eigenvalue weighted by Gasteiger charge is 2.37. The Labute approximate surface area is 220 Å². The van der Waals surface area contributed by atoms with Gasteiger partial charge in [0.15, 0.2) is 4.90 Å². The molecule has 12 heteroatoms. The molecule has 1 aromatic carbocycles. The van der Waals surface area contributed by atoms with Crippen LogP contribution < -0.4 is 13.8 Å². The number of sulfonamides is 1. The van der Waals surface area contributed by atoms with E-state index in [1.807, 2.05) is 6.92 Å². The lowest BCUT2D eigenvalue weighted by molar-refractivity contribution is -0.141. The Kier molecular flexibility index (Phi) is 8.30. The van der Waals surface area contributed by atoms with Gasteiger partial charge in [-0.15, -0.1) is 5.10 Å². The van der Waals surface area contributed by atoms with Crippen LogP contribution in [-0.4, -0.2) is 55.5 Å². The van der Waals surface area contributed by atoms with Crippen LogP contribution in [0.2, 0.25) is 0 Å². The summed E-state index contributed by atoms with van der Waals surface area (Å²) in [6.45, 7) is 4.24. The Hall–Kier alpha value is -3.93. The van der Waals surface area contributed by atoms with Crippen molar-refractivity contribution < 1.29 is 31.8 Å². The molecule has 3 heterocycles. The van der Waals surface area contributed by atoms with E-state index in [4.69, 9.17) is 14.2 Å². The number of rotatable bonds is 10. The van der Waals surface area contributed by atoms with Gasteiger partial charge in [-0.2, -0.15) is 0 Å². The summed E-state index contributed by atoms with van der Waals surface area (Å²) in [4.78, 5) is 15.7. The van der Waals surface area contributed by atoms with Gasteiger partial charge in [0.05, 0.1) is 31.6 Å². The van der Waals surface area contributed by atoms with Crippen LogP contribution in [0.1, 0.15) is 37.9 Å². The number of esters is 1. The van der Waals surface area contributed by atoms with E-state index >= 15 is 0 Å². The van der Waals surface area contributed by atoms with Crippen molar-refractivity contribution in [3.63, 3.8) is 0 Å². The lowest BCUT2D eigenvalue weighted by atomic mass is 10.1. The average Bonchev–Trinajstić information content (AvgIpc) is 3.35. The molecule has 0 radical (unpaired) electrons. The molecule has 202 valence electrons. The number of anilines is 1. The van der Waals surface area contributed by atoms with Gasteiger partial charge in [-0.25, -0.2) is 12.8 Å². The Morgan fingerprint density at radius 3 is 2.79 bits per heavy atom. The highest BCUT2D eigenvalue weighted by molar-refractivity contribution is 7.93.